The standard InChI is InChI=1S/C17H24ClN3/c1-10(21-16-15(18)5-14(19)9-20-16)17-6-11-2-12(7-17)4-13(3-11)8-17/h5,9-13H,2-4,6-8,19H2,1H3,(H,20,21). The van der Waals surface area contributed by atoms with E-state index in [-0.39, 0.29) is 0 Å². The first-order chi connectivity index (χ1) is 10.0. The summed E-state index contributed by atoms with van der Waals surface area (Å²) in [6.45, 7) is 2.32. The molecule has 4 aliphatic rings. The molecule has 0 radical (unpaired) electrons. The van der Waals surface area contributed by atoms with E-state index in [1.54, 1.807) is 12.3 Å². The molecule has 0 aliphatic heterocycles. The molecule has 4 saturated carbocycles. The zero-order chi connectivity index (χ0) is 14.6. The second kappa shape index (κ2) is 4.77. The molecule has 4 bridgehead atoms. The molecule has 0 saturated heterocycles. The zero-order valence-corrected chi connectivity index (χ0v) is 13.4. The van der Waals surface area contributed by atoms with Crippen LogP contribution in [-0.4, -0.2) is 11.0 Å². The van der Waals surface area contributed by atoms with Gasteiger partial charge in [0.05, 0.1) is 16.9 Å². The number of halogens is 1. The summed E-state index contributed by atoms with van der Waals surface area (Å²) in [6.07, 6.45) is 10.3. The first-order valence-electron chi connectivity index (χ1n) is 8.22. The molecule has 1 atom stereocenters. The highest BCUT2D eigenvalue weighted by Gasteiger charge is 2.53. The highest BCUT2D eigenvalue weighted by atomic mass is 35.5. The van der Waals surface area contributed by atoms with E-state index in [2.05, 4.69) is 17.2 Å². The molecule has 3 N–H and O–H groups in total. The second-order valence-electron chi connectivity index (χ2n) is 7.75. The maximum absolute atomic E-state index is 6.28. The average Bonchev–Trinajstić information content (AvgIpc) is 2.40. The van der Waals surface area contributed by atoms with Crippen molar-refractivity contribution in [1.82, 2.24) is 4.98 Å². The number of nitrogens with two attached hydrogens (primary N) is 1. The van der Waals surface area contributed by atoms with Crippen molar-refractivity contribution in [3.63, 3.8) is 0 Å². The van der Waals surface area contributed by atoms with Crippen LogP contribution in [0.4, 0.5) is 11.5 Å². The highest BCUT2D eigenvalue weighted by molar-refractivity contribution is 6.33. The third kappa shape index (κ3) is 2.30. The molecule has 1 unspecified atom stereocenters. The molecular formula is C17H24ClN3. The van der Waals surface area contributed by atoms with Gasteiger partial charge in [0.2, 0.25) is 0 Å². The van der Waals surface area contributed by atoms with Crippen molar-refractivity contribution in [2.24, 2.45) is 23.2 Å². The largest absolute Gasteiger partial charge is 0.397 e. The van der Waals surface area contributed by atoms with E-state index in [9.17, 15) is 0 Å². The van der Waals surface area contributed by atoms with Crippen LogP contribution in [0.15, 0.2) is 12.3 Å². The van der Waals surface area contributed by atoms with Gasteiger partial charge in [0.15, 0.2) is 0 Å². The molecular weight excluding hydrogens is 282 g/mol. The van der Waals surface area contributed by atoms with Crippen LogP contribution in [0.5, 0.6) is 0 Å². The van der Waals surface area contributed by atoms with Crippen molar-refractivity contribution in [2.45, 2.75) is 51.5 Å². The Balaban J connectivity index is 1.56. The van der Waals surface area contributed by atoms with Crippen LogP contribution < -0.4 is 11.1 Å². The van der Waals surface area contributed by atoms with Crippen LogP contribution in [0.3, 0.4) is 0 Å². The van der Waals surface area contributed by atoms with E-state index < -0.39 is 0 Å². The van der Waals surface area contributed by atoms with Gasteiger partial charge < -0.3 is 11.1 Å². The summed E-state index contributed by atoms with van der Waals surface area (Å²) in [7, 11) is 0. The predicted molar refractivity (Wildman–Crippen MR) is 87.3 cm³/mol. The predicted octanol–water partition coefficient (Wildman–Crippen LogP) is 4.33. The third-order valence-electron chi connectivity index (χ3n) is 6.22. The van der Waals surface area contributed by atoms with Crippen molar-refractivity contribution in [2.75, 3.05) is 11.1 Å². The minimum absolute atomic E-state index is 0.430. The molecule has 1 heterocycles. The summed E-state index contributed by atoms with van der Waals surface area (Å²) in [5.74, 6) is 3.69. The number of nitrogens with zero attached hydrogens (tertiary/aromatic N) is 1. The fraction of sp³-hybridized carbons (Fsp3) is 0.706. The van der Waals surface area contributed by atoms with Gasteiger partial charge in [-0.2, -0.15) is 0 Å². The number of nitrogens with one attached hydrogen (secondary N) is 1. The highest BCUT2D eigenvalue weighted by Crippen LogP contribution is 2.61. The molecule has 5 rings (SSSR count). The van der Waals surface area contributed by atoms with Crippen molar-refractivity contribution in [3.05, 3.63) is 17.3 Å². The Morgan fingerprint density at radius 1 is 1.24 bits per heavy atom. The Hall–Kier alpha value is -0.960. The van der Waals surface area contributed by atoms with Gasteiger partial charge in [-0.3, -0.25) is 0 Å². The van der Waals surface area contributed by atoms with E-state index in [1.165, 1.54) is 38.5 Å². The van der Waals surface area contributed by atoms with E-state index in [4.69, 9.17) is 17.3 Å². The van der Waals surface area contributed by atoms with Crippen molar-refractivity contribution >= 4 is 23.1 Å². The van der Waals surface area contributed by atoms with Gasteiger partial charge >= 0.3 is 0 Å². The smallest absolute Gasteiger partial charge is 0.145 e. The Morgan fingerprint density at radius 3 is 2.33 bits per heavy atom. The van der Waals surface area contributed by atoms with Crippen LogP contribution in [0.1, 0.15) is 45.4 Å². The number of rotatable bonds is 3. The summed E-state index contributed by atoms with van der Waals surface area (Å²) in [6, 6.07) is 2.21. The van der Waals surface area contributed by atoms with Gasteiger partial charge in [-0.15, -0.1) is 0 Å². The van der Waals surface area contributed by atoms with Crippen molar-refractivity contribution in [3.8, 4) is 0 Å². The normalized spacial score (nSPS) is 38.5. The molecule has 0 amide bonds. The number of pyridine rings is 1. The average molecular weight is 306 g/mol. The third-order valence-corrected chi connectivity index (χ3v) is 6.51. The van der Waals surface area contributed by atoms with Crippen LogP contribution in [0.25, 0.3) is 0 Å². The molecule has 1 aromatic heterocycles. The Morgan fingerprint density at radius 2 is 1.81 bits per heavy atom. The first-order valence-corrected chi connectivity index (χ1v) is 8.59. The lowest BCUT2D eigenvalue weighted by Crippen LogP contribution is -2.53. The van der Waals surface area contributed by atoms with Crippen LogP contribution >= 0.6 is 11.6 Å². The quantitative estimate of drug-likeness (QED) is 0.873. The minimum atomic E-state index is 0.430. The van der Waals surface area contributed by atoms with Gasteiger partial charge in [-0.05, 0) is 74.7 Å². The van der Waals surface area contributed by atoms with Crippen LogP contribution in [0, 0.1) is 23.2 Å². The fourth-order valence-corrected chi connectivity index (χ4v) is 5.85. The first kappa shape index (κ1) is 13.7. The topological polar surface area (TPSA) is 50.9 Å². The fourth-order valence-electron chi connectivity index (χ4n) is 5.63. The summed E-state index contributed by atoms with van der Waals surface area (Å²) in [4.78, 5) is 4.38. The Kier molecular flexibility index (Phi) is 3.11. The molecule has 4 aliphatic carbocycles. The number of anilines is 2. The SMILES string of the molecule is CC(Nc1ncc(N)cc1Cl)C12CC3CC(CC(C3)C1)C2. The van der Waals surface area contributed by atoms with Gasteiger partial charge in [0.1, 0.15) is 5.82 Å². The molecule has 4 fully saturated rings. The molecule has 0 spiro atoms. The van der Waals surface area contributed by atoms with Gasteiger partial charge in [-0.1, -0.05) is 11.6 Å². The summed E-state index contributed by atoms with van der Waals surface area (Å²) < 4.78 is 0. The van der Waals surface area contributed by atoms with Crippen LogP contribution in [0.2, 0.25) is 5.02 Å². The molecule has 1 aromatic rings. The van der Waals surface area contributed by atoms with Crippen LogP contribution in [-0.2, 0) is 0 Å². The molecule has 21 heavy (non-hydrogen) atoms. The summed E-state index contributed by atoms with van der Waals surface area (Å²) >= 11 is 6.28. The number of hydrogen-bond donors (Lipinski definition) is 2. The lowest BCUT2D eigenvalue weighted by molar-refractivity contribution is -0.0603. The maximum atomic E-state index is 6.28. The minimum Gasteiger partial charge on any atom is -0.397 e. The summed E-state index contributed by atoms with van der Waals surface area (Å²) in [5, 5.41) is 4.23. The van der Waals surface area contributed by atoms with Gasteiger partial charge in [-0.25, -0.2) is 4.98 Å². The lowest BCUT2D eigenvalue weighted by atomic mass is 9.48. The van der Waals surface area contributed by atoms with Crippen molar-refractivity contribution < 1.29 is 0 Å². The van der Waals surface area contributed by atoms with E-state index in [1.807, 2.05) is 0 Å². The number of nitrogen functional groups attached to an aromatic ring is 1. The monoisotopic (exact) mass is 305 g/mol. The molecule has 114 valence electrons. The molecule has 3 nitrogen and oxygen atoms in total. The Bertz CT molecular complexity index is 522. The van der Waals surface area contributed by atoms with Gasteiger partial charge in [0, 0.05) is 6.04 Å². The van der Waals surface area contributed by atoms with E-state index in [0.717, 1.165) is 23.6 Å². The number of hydrogen-bond acceptors (Lipinski definition) is 3. The second-order valence-corrected chi connectivity index (χ2v) is 8.15. The molecule has 4 heteroatoms. The van der Waals surface area contributed by atoms with Crippen molar-refractivity contribution in [1.29, 1.82) is 0 Å². The maximum Gasteiger partial charge on any atom is 0.145 e. The molecule has 0 aromatic carbocycles. The Labute approximate surface area is 131 Å². The van der Waals surface area contributed by atoms with E-state index in [0.29, 0.717) is 22.2 Å². The zero-order valence-electron chi connectivity index (χ0n) is 12.6. The lowest BCUT2D eigenvalue weighted by Gasteiger charge is -2.59. The van der Waals surface area contributed by atoms with E-state index >= 15 is 0 Å². The number of aromatic nitrogens is 1. The summed E-state index contributed by atoms with van der Waals surface area (Å²) in [5.41, 5.74) is 6.81. The van der Waals surface area contributed by atoms with Gasteiger partial charge in [0.25, 0.3) is 0 Å².